The molecule has 0 aromatic carbocycles. The predicted octanol–water partition coefficient (Wildman–Crippen LogP) is 1.21. The lowest BCUT2D eigenvalue weighted by molar-refractivity contribution is -0.109. The molecule has 0 saturated heterocycles. The molecule has 0 aliphatic carbocycles. The standard InChI is InChI=1S/C8H12N2O/c1-8(2,3-6-11)10-5-4-9-7-10/h4-7H,3H2,1-2H3. The van der Waals surface area contributed by atoms with E-state index in [1.54, 1.807) is 12.5 Å². The Hall–Kier alpha value is -1.12. The summed E-state index contributed by atoms with van der Waals surface area (Å²) in [4.78, 5) is 14.2. The summed E-state index contributed by atoms with van der Waals surface area (Å²) in [5.74, 6) is 0. The maximum absolute atomic E-state index is 10.3. The summed E-state index contributed by atoms with van der Waals surface area (Å²) in [6.07, 6.45) is 6.75. The van der Waals surface area contributed by atoms with Crippen molar-refractivity contribution in [3.05, 3.63) is 18.7 Å². The Morgan fingerprint density at radius 1 is 1.64 bits per heavy atom. The lowest BCUT2D eigenvalue weighted by Crippen LogP contribution is -2.25. The molecule has 0 N–H and O–H groups in total. The number of nitrogens with zero attached hydrogens (tertiary/aromatic N) is 2. The molecule has 3 heteroatoms. The van der Waals surface area contributed by atoms with Gasteiger partial charge in [0.15, 0.2) is 0 Å². The van der Waals surface area contributed by atoms with Crippen LogP contribution in [0.15, 0.2) is 18.7 Å². The summed E-state index contributed by atoms with van der Waals surface area (Å²) in [5.41, 5.74) is -0.141. The first-order valence-electron chi connectivity index (χ1n) is 3.59. The van der Waals surface area contributed by atoms with Gasteiger partial charge in [-0.15, -0.1) is 0 Å². The molecular formula is C8H12N2O. The van der Waals surface area contributed by atoms with Crippen LogP contribution >= 0.6 is 0 Å². The molecule has 1 aromatic heterocycles. The number of carbonyl (C=O) groups is 1. The third-order valence-electron chi connectivity index (χ3n) is 1.79. The van der Waals surface area contributed by atoms with E-state index in [1.807, 2.05) is 24.6 Å². The minimum atomic E-state index is -0.141. The van der Waals surface area contributed by atoms with E-state index in [-0.39, 0.29) is 5.54 Å². The Morgan fingerprint density at radius 3 is 2.82 bits per heavy atom. The van der Waals surface area contributed by atoms with E-state index >= 15 is 0 Å². The number of aromatic nitrogens is 2. The lowest BCUT2D eigenvalue weighted by Gasteiger charge is -2.23. The zero-order valence-electron chi connectivity index (χ0n) is 6.82. The summed E-state index contributed by atoms with van der Waals surface area (Å²) in [6, 6.07) is 0. The van der Waals surface area contributed by atoms with Crippen molar-refractivity contribution in [2.45, 2.75) is 25.8 Å². The Kier molecular flexibility index (Phi) is 2.08. The van der Waals surface area contributed by atoms with Gasteiger partial charge in [-0.1, -0.05) is 0 Å². The topological polar surface area (TPSA) is 34.9 Å². The van der Waals surface area contributed by atoms with Crippen LogP contribution in [-0.2, 0) is 10.3 Å². The molecule has 3 nitrogen and oxygen atoms in total. The number of hydrogen-bond donors (Lipinski definition) is 0. The van der Waals surface area contributed by atoms with E-state index in [0.29, 0.717) is 6.42 Å². The number of rotatable bonds is 3. The van der Waals surface area contributed by atoms with Crippen molar-refractivity contribution < 1.29 is 4.79 Å². The summed E-state index contributed by atoms with van der Waals surface area (Å²) >= 11 is 0. The van der Waals surface area contributed by atoms with Crippen LogP contribution in [0, 0.1) is 0 Å². The van der Waals surface area contributed by atoms with Crippen molar-refractivity contribution in [3.8, 4) is 0 Å². The molecule has 0 amide bonds. The molecule has 11 heavy (non-hydrogen) atoms. The van der Waals surface area contributed by atoms with Gasteiger partial charge in [-0.3, -0.25) is 0 Å². The average Bonchev–Trinajstić information content (AvgIpc) is 2.37. The molecular weight excluding hydrogens is 140 g/mol. The van der Waals surface area contributed by atoms with Crippen LogP contribution in [0.1, 0.15) is 20.3 Å². The number of hydrogen-bond acceptors (Lipinski definition) is 2. The Bertz CT molecular complexity index is 226. The molecule has 0 aliphatic rings. The number of imidazole rings is 1. The van der Waals surface area contributed by atoms with Gasteiger partial charge in [-0.2, -0.15) is 0 Å². The van der Waals surface area contributed by atoms with Crippen molar-refractivity contribution in [2.75, 3.05) is 0 Å². The first-order chi connectivity index (χ1) is 5.17. The molecule has 1 rings (SSSR count). The van der Waals surface area contributed by atoms with Gasteiger partial charge >= 0.3 is 0 Å². The molecule has 0 atom stereocenters. The average molecular weight is 152 g/mol. The number of aldehydes is 1. The molecule has 0 bridgehead atoms. The third-order valence-corrected chi connectivity index (χ3v) is 1.79. The summed E-state index contributed by atoms with van der Waals surface area (Å²) < 4.78 is 1.93. The van der Waals surface area contributed by atoms with Gasteiger partial charge in [0.05, 0.1) is 6.33 Å². The fourth-order valence-electron chi connectivity index (χ4n) is 0.927. The first kappa shape index (κ1) is 7.98. The van der Waals surface area contributed by atoms with Crippen LogP contribution in [0.2, 0.25) is 0 Å². The summed E-state index contributed by atoms with van der Waals surface area (Å²) in [6.45, 7) is 4.01. The third kappa shape index (κ3) is 1.67. The van der Waals surface area contributed by atoms with E-state index in [0.717, 1.165) is 6.29 Å². The zero-order chi connectivity index (χ0) is 8.32. The van der Waals surface area contributed by atoms with Crippen LogP contribution in [0.25, 0.3) is 0 Å². The van der Waals surface area contributed by atoms with Gasteiger partial charge in [0, 0.05) is 24.4 Å². The molecule has 1 aromatic rings. The van der Waals surface area contributed by atoms with Gasteiger partial charge in [0.2, 0.25) is 0 Å². The molecule has 60 valence electrons. The Labute approximate surface area is 66.1 Å². The minimum absolute atomic E-state index is 0.141. The molecule has 0 aliphatic heterocycles. The molecule has 0 unspecified atom stereocenters. The van der Waals surface area contributed by atoms with Crippen LogP contribution in [0.4, 0.5) is 0 Å². The number of carbonyl (C=O) groups excluding carboxylic acids is 1. The van der Waals surface area contributed by atoms with E-state index in [1.165, 1.54) is 0 Å². The van der Waals surface area contributed by atoms with E-state index in [9.17, 15) is 4.79 Å². The van der Waals surface area contributed by atoms with Gasteiger partial charge in [0.1, 0.15) is 6.29 Å². The lowest BCUT2D eigenvalue weighted by atomic mass is 10.0. The van der Waals surface area contributed by atoms with Crippen molar-refractivity contribution in [3.63, 3.8) is 0 Å². The summed E-state index contributed by atoms with van der Waals surface area (Å²) in [7, 11) is 0. The van der Waals surface area contributed by atoms with E-state index < -0.39 is 0 Å². The molecule has 0 fully saturated rings. The quantitative estimate of drug-likeness (QED) is 0.610. The second kappa shape index (κ2) is 2.86. The van der Waals surface area contributed by atoms with E-state index in [2.05, 4.69) is 4.98 Å². The SMILES string of the molecule is CC(C)(CC=O)n1ccnc1. The molecule has 0 radical (unpaired) electrons. The highest BCUT2D eigenvalue weighted by Crippen LogP contribution is 2.16. The smallest absolute Gasteiger partial charge is 0.122 e. The Morgan fingerprint density at radius 2 is 2.36 bits per heavy atom. The highest BCUT2D eigenvalue weighted by atomic mass is 16.1. The fraction of sp³-hybridized carbons (Fsp3) is 0.500. The largest absolute Gasteiger partial charge is 0.332 e. The first-order valence-corrected chi connectivity index (χ1v) is 3.59. The monoisotopic (exact) mass is 152 g/mol. The van der Waals surface area contributed by atoms with Crippen LogP contribution in [-0.4, -0.2) is 15.8 Å². The van der Waals surface area contributed by atoms with Crippen molar-refractivity contribution in [1.29, 1.82) is 0 Å². The second-order valence-electron chi connectivity index (χ2n) is 3.15. The van der Waals surface area contributed by atoms with Gasteiger partial charge < -0.3 is 9.36 Å². The van der Waals surface area contributed by atoms with E-state index in [4.69, 9.17) is 0 Å². The van der Waals surface area contributed by atoms with Crippen LogP contribution < -0.4 is 0 Å². The second-order valence-corrected chi connectivity index (χ2v) is 3.15. The normalized spacial score (nSPS) is 11.5. The Balaban J connectivity index is 2.81. The predicted molar refractivity (Wildman–Crippen MR) is 42.2 cm³/mol. The molecule has 0 saturated carbocycles. The fourth-order valence-corrected chi connectivity index (χ4v) is 0.927. The molecule has 0 spiro atoms. The van der Waals surface area contributed by atoms with Crippen molar-refractivity contribution in [1.82, 2.24) is 9.55 Å². The maximum atomic E-state index is 10.3. The van der Waals surface area contributed by atoms with Crippen LogP contribution in [0.5, 0.6) is 0 Å². The van der Waals surface area contributed by atoms with Gasteiger partial charge in [-0.25, -0.2) is 4.98 Å². The van der Waals surface area contributed by atoms with Crippen LogP contribution in [0.3, 0.4) is 0 Å². The summed E-state index contributed by atoms with van der Waals surface area (Å²) in [5, 5.41) is 0. The molecule has 1 heterocycles. The van der Waals surface area contributed by atoms with Gasteiger partial charge in [0.25, 0.3) is 0 Å². The zero-order valence-corrected chi connectivity index (χ0v) is 6.82. The van der Waals surface area contributed by atoms with Crippen molar-refractivity contribution in [2.24, 2.45) is 0 Å². The highest BCUT2D eigenvalue weighted by Gasteiger charge is 2.17. The minimum Gasteiger partial charge on any atom is -0.332 e. The highest BCUT2D eigenvalue weighted by molar-refractivity contribution is 5.50. The van der Waals surface area contributed by atoms with Gasteiger partial charge in [-0.05, 0) is 13.8 Å². The maximum Gasteiger partial charge on any atom is 0.122 e. The van der Waals surface area contributed by atoms with Crippen molar-refractivity contribution >= 4 is 6.29 Å².